The van der Waals surface area contributed by atoms with Crippen molar-refractivity contribution in [3.8, 4) is 44.9 Å². The molecule has 0 fully saturated rings. The number of hydrogen-bond donors (Lipinski definition) is 0. The lowest BCUT2D eigenvalue weighted by Crippen LogP contribution is -2.28. The number of furan rings is 5. The fourth-order valence-electron chi connectivity index (χ4n) is 18.4. The Morgan fingerprint density at radius 2 is 0.477 bits per heavy atom. The van der Waals surface area contributed by atoms with Crippen molar-refractivity contribution in [1.29, 1.82) is 0 Å². The Hall–Kier alpha value is -14.4. The number of hydrogen-bond acceptors (Lipinski definition) is 7. The number of nitrogens with zero attached hydrogens (tertiary/aromatic N) is 2. The Labute approximate surface area is 626 Å². The molecule has 0 saturated heterocycles. The van der Waals surface area contributed by atoms with Gasteiger partial charge in [-0.1, -0.05) is 218 Å². The number of anilines is 6. The van der Waals surface area contributed by atoms with Crippen LogP contribution in [0, 0.1) is 0 Å². The molecule has 21 aromatic rings. The van der Waals surface area contributed by atoms with E-state index in [1.165, 1.54) is 66.8 Å². The largest absolute Gasteiger partial charge is 0.456 e. The summed E-state index contributed by atoms with van der Waals surface area (Å²) in [4.78, 5) is 4.71. The molecule has 0 aliphatic heterocycles. The maximum Gasteiger partial charge on any atom is 0.137 e. The average Bonchev–Trinajstić information content (AvgIpc) is 1.55. The molecule has 0 amide bonds. The van der Waals surface area contributed by atoms with Crippen molar-refractivity contribution in [2.45, 2.75) is 10.8 Å². The van der Waals surface area contributed by atoms with E-state index in [9.17, 15) is 0 Å². The Morgan fingerprint density at radius 1 is 0.183 bits per heavy atom. The monoisotopic (exact) mass is 1390 g/mol. The van der Waals surface area contributed by atoms with E-state index in [-0.39, 0.29) is 0 Å². The molecule has 109 heavy (non-hydrogen) atoms. The van der Waals surface area contributed by atoms with E-state index < -0.39 is 10.8 Å². The van der Waals surface area contributed by atoms with Gasteiger partial charge < -0.3 is 31.9 Å². The first-order valence-corrected chi connectivity index (χ1v) is 37.1. The molecule has 23 rings (SSSR count). The van der Waals surface area contributed by atoms with Crippen molar-refractivity contribution in [3.63, 3.8) is 0 Å². The summed E-state index contributed by atoms with van der Waals surface area (Å²) in [5.74, 6) is 1.64. The van der Waals surface area contributed by atoms with Gasteiger partial charge in [-0.25, -0.2) is 0 Å². The number of para-hydroxylation sites is 2. The number of fused-ring (bicyclic) bond motifs is 17. The quantitative estimate of drug-likeness (QED) is 0.121. The summed E-state index contributed by atoms with van der Waals surface area (Å²) in [6, 6.07) is 136. The molecular weight excluding hydrogens is 1330 g/mol. The van der Waals surface area contributed by atoms with Crippen molar-refractivity contribution in [1.82, 2.24) is 0 Å². The highest BCUT2D eigenvalue weighted by molar-refractivity contribution is 6.19. The molecule has 0 radical (unpaired) electrons. The van der Waals surface area contributed by atoms with Crippen LogP contribution in [-0.2, 0) is 10.8 Å². The van der Waals surface area contributed by atoms with Crippen molar-refractivity contribution in [2.75, 3.05) is 9.80 Å². The highest BCUT2D eigenvalue weighted by Crippen LogP contribution is 2.60. The average molecular weight is 1400 g/mol. The first kappa shape index (κ1) is 61.0. The minimum Gasteiger partial charge on any atom is -0.456 e. The van der Waals surface area contributed by atoms with Gasteiger partial charge in [-0.05, 0) is 212 Å². The van der Waals surface area contributed by atoms with Crippen LogP contribution in [0.3, 0.4) is 0 Å². The second-order valence-electron chi connectivity index (χ2n) is 28.9. The molecule has 0 spiro atoms. The molecule has 2 aliphatic carbocycles. The van der Waals surface area contributed by atoms with Crippen molar-refractivity contribution in [2.24, 2.45) is 0 Å². The normalized spacial score (nSPS) is 13.3. The lowest BCUT2D eigenvalue weighted by Gasteiger charge is -2.35. The molecule has 0 atom stereocenters. The first-order chi connectivity index (χ1) is 54.0. The Morgan fingerprint density at radius 3 is 0.853 bits per heavy atom. The van der Waals surface area contributed by atoms with Crippen molar-refractivity contribution >= 4 is 122 Å². The third-order valence-electron chi connectivity index (χ3n) is 23.2. The van der Waals surface area contributed by atoms with Crippen LogP contribution < -0.4 is 9.80 Å². The highest BCUT2D eigenvalue weighted by atomic mass is 16.4. The zero-order valence-electron chi connectivity index (χ0n) is 58.7. The van der Waals surface area contributed by atoms with Crippen LogP contribution in [0.1, 0.15) is 44.5 Å². The van der Waals surface area contributed by atoms with Gasteiger partial charge in [0.1, 0.15) is 56.2 Å². The topological polar surface area (TPSA) is 72.2 Å². The molecule has 7 heteroatoms. The number of benzene rings is 16. The van der Waals surface area contributed by atoms with Crippen LogP contribution in [0.15, 0.2) is 398 Å². The van der Waals surface area contributed by atoms with Crippen LogP contribution in [0.5, 0.6) is 0 Å². The van der Waals surface area contributed by atoms with Gasteiger partial charge in [0, 0.05) is 100 Å². The van der Waals surface area contributed by atoms with Crippen LogP contribution >= 0.6 is 0 Å². The summed E-state index contributed by atoms with van der Waals surface area (Å²) in [5.41, 5.74) is 27.6. The Bertz CT molecular complexity index is 6650. The third-order valence-corrected chi connectivity index (χ3v) is 23.2. The molecule has 5 heterocycles. The SMILES string of the molecule is c1ccc(C2(c3ccccc3)c3ccccc3-c3ccc(N(c4ccc(-c5cc6ccccc6o5)cc4)c4ccc5c(c4)oc4cc6c(cc45)oc4cc5c(cc46)oc4cc(N(c6ccc(-c7cc8ccccc8o7)cc6)c6ccc7c(c6)C(c6ccccc6)(c6ccccc6)c6ccccc6-7)ccc45)cc32)cc1. The van der Waals surface area contributed by atoms with Crippen LogP contribution in [0.25, 0.3) is 133 Å². The van der Waals surface area contributed by atoms with Gasteiger partial charge >= 0.3 is 0 Å². The molecular formula is C102H62N2O5. The van der Waals surface area contributed by atoms with E-state index in [1.807, 2.05) is 36.4 Å². The third kappa shape index (κ3) is 9.11. The summed E-state index contributed by atoms with van der Waals surface area (Å²) in [5, 5.41) is 7.92. The van der Waals surface area contributed by atoms with Gasteiger partial charge in [0.15, 0.2) is 0 Å². The fourth-order valence-corrected chi connectivity index (χ4v) is 18.4. The molecule has 7 nitrogen and oxygen atoms in total. The molecule has 0 unspecified atom stereocenters. The minimum absolute atomic E-state index is 0.597. The number of rotatable bonds is 12. The lowest BCUT2D eigenvalue weighted by molar-refractivity contribution is 0.631. The molecule has 5 aromatic heterocycles. The minimum atomic E-state index is -0.597. The van der Waals surface area contributed by atoms with Gasteiger partial charge in [-0.15, -0.1) is 0 Å². The summed E-state index contributed by atoms with van der Waals surface area (Å²) in [6.07, 6.45) is 0. The maximum atomic E-state index is 7.08. The second-order valence-corrected chi connectivity index (χ2v) is 28.9. The first-order valence-electron chi connectivity index (χ1n) is 37.1. The summed E-state index contributed by atoms with van der Waals surface area (Å²) < 4.78 is 33.9. The lowest BCUT2D eigenvalue weighted by atomic mass is 9.67. The zero-order valence-corrected chi connectivity index (χ0v) is 58.7. The van der Waals surface area contributed by atoms with E-state index in [0.29, 0.717) is 0 Å². The zero-order chi connectivity index (χ0) is 71.5. The fraction of sp³-hybridized carbons (Fsp3) is 0.0196. The summed E-state index contributed by atoms with van der Waals surface area (Å²) in [6.45, 7) is 0. The highest BCUT2D eigenvalue weighted by Gasteiger charge is 2.48. The van der Waals surface area contributed by atoms with Crippen molar-refractivity contribution in [3.05, 3.63) is 421 Å². The van der Waals surface area contributed by atoms with E-state index in [1.54, 1.807) is 0 Å². The molecule has 0 N–H and O–H groups in total. The molecule has 2 aliphatic rings. The van der Waals surface area contributed by atoms with Crippen LogP contribution in [0.4, 0.5) is 34.1 Å². The maximum absolute atomic E-state index is 7.08. The van der Waals surface area contributed by atoms with E-state index >= 15 is 0 Å². The predicted molar refractivity (Wildman–Crippen MR) is 443 cm³/mol. The van der Waals surface area contributed by atoms with Crippen molar-refractivity contribution < 1.29 is 22.1 Å². The predicted octanol–water partition coefficient (Wildman–Crippen LogP) is 27.9. The molecule has 0 bridgehead atoms. The van der Waals surface area contributed by atoms with Gasteiger partial charge in [0.25, 0.3) is 0 Å². The van der Waals surface area contributed by atoms with E-state index in [0.717, 1.165) is 145 Å². The van der Waals surface area contributed by atoms with Crippen LogP contribution in [0.2, 0.25) is 0 Å². The molecule has 510 valence electrons. The van der Waals surface area contributed by atoms with Gasteiger partial charge in [-0.2, -0.15) is 0 Å². The second kappa shape index (κ2) is 23.6. The van der Waals surface area contributed by atoms with Crippen LogP contribution in [-0.4, -0.2) is 0 Å². The van der Waals surface area contributed by atoms with Gasteiger partial charge in [-0.3, -0.25) is 0 Å². The van der Waals surface area contributed by atoms with E-state index in [4.69, 9.17) is 22.1 Å². The van der Waals surface area contributed by atoms with Gasteiger partial charge in [0.05, 0.1) is 10.8 Å². The summed E-state index contributed by atoms with van der Waals surface area (Å²) in [7, 11) is 0. The standard InChI is InChI=1S/C102H62N2O5/c1-5-23-67(24-6-1)101(68-25-7-2-8-26-68)87-33-17-15-31-77(87)79-49-45-73(55-89(79)101)103(71-41-37-63(38-42-71)93-53-65-21-13-19-35-91(65)105-93)75-47-51-81-83-59-99-85(61-97(83)107-95(81)57-75)86-62-98-84(60-100(86)109-99)82-52-48-76(58-96(82)108-98)104(72-43-39-64(40-44-72)94-54-66-22-14-20-36-92(66)106-94)74-46-50-80-78-32-16-18-34-88(78)102(90(80)56-74,69-27-9-3-10-28-69)70-29-11-4-12-30-70/h1-62H. The summed E-state index contributed by atoms with van der Waals surface area (Å²) >= 11 is 0. The Kier molecular flexibility index (Phi) is 13.2. The molecule has 16 aromatic carbocycles. The smallest absolute Gasteiger partial charge is 0.137 e. The van der Waals surface area contributed by atoms with E-state index in [2.05, 4.69) is 350 Å². The Balaban J connectivity index is 0.644. The molecule has 0 saturated carbocycles. The van der Waals surface area contributed by atoms with Gasteiger partial charge in [0.2, 0.25) is 0 Å².